The van der Waals surface area contributed by atoms with Crippen LogP contribution in [0.3, 0.4) is 0 Å². The van der Waals surface area contributed by atoms with E-state index in [4.69, 9.17) is 39.3 Å². The number of thiophene rings is 1. The highest BCUT2D eigenvalue weighted by molar-refractivity contribution is 8.00. The van der Waals surface area contributed by atoms with Crippen LogP contribution in [0.5, 0.6) is 0 Å². The quantitative estimate of drug-likeness (QED) is 0.328. The maximum absolute atomic E-state index is 7.60. The van der Waals surface area contributed by atoms with Crippen molar-refractivity contribution >= 4 is 63.5 Å². The van der Waals surface area contributed by atoms with E-state index in [1.165, 1.54) is 11.3 Å². The lowest BCUT2D eigenvalue weighted by atomic mass is 10.2. The van der Waals surface area contributed by atoms with Crippen LogP contribution in [0.1, 0.15) is 4.88 Å². The maximum atomic E-state index is 7.60. The van der Waals surface area contributed by atoms with E-state index in [0.717, 1.165) is 30.9 Å². The van der Waals surface area contributed by atoms with Crippen LogP contribution in [0.15, 0.2) is 33.9 Å². The van der Waals surface area contributed by atoms with Gasteiger partial charge in [-0.25, -0.2) is 4.98 Å². The van der Waals surface area contributed by atoms with E-state index in [-0.39, 0.29) is 5.84 Å². The van der Waals surface area contributed by atoms with Crippen molar-refractivity contribution in [3.05, 3.63) is 44.6 Å². The standard InChI is InChI=1S/C15H11Cl2N3S3/c1-21-15-10(5-12(23-15)13(18)19)14-20-11(6-22-14)7-2-8(16)4-9(17)3-7/h2-6H,1H3,(H3,18,19). The molecule has 2 aromatic heterocycles. The van der Waals surface area contributed by atoms with Gasteiger partial charge >= 0.3 is 0 Å². The van der Waals surface area contributed by atoms with Crippen LogP contribution in [0.4, 0.5) is 0 Å². The second-order valence-electron chi connectivity index (χ2n) is 4.63. The van der Waals surface area contributed by atoms with Gasteiger partial charge in [-0.3, -0.25) is 5.41 Å². The molecule has 0 atom stereocenters. The molecule has 0 spiro atoms. The van der Waals surface area contributed by atoms with Crippen molar-refractivity contribution in [2.45, 2.75) is 4.21 Å². The van der Waals surface area contributed by atoms with Crippen molar-refractivity contribution in [2.24, 2.45) is 5.73 Å². The number of thiazole rings is 1. The molecule has 3 rings (SSSR count). The molecular formula is C15H11Cl2N3S3. The lowest BCUT2D eigenvalue weighted by Crippen LogP contribution is -2.08. The van der Waals surface area contributed by atoms with E-state index in [1.54, 1.807) is 29.2 Å². The summed E-state index contributed by atoms with van der Waals surface area (Å²) in [6.45, 7) is 0. The zero-order chi connectivity index (χ0) is 16.6. The Kier molecular flexibility index (Phi) is 4.98. The van der Waals surface area contributed by atoms with Crippen molar-refractivity contribution in [3.63, 3.8) is 0 Å². The molecular weight excluding hydrogens is 389 g/mol. The SMILES string of the molecule is CSc1sc(C(=N)N)cc1-c1nc(-c2cc(Cl)cc(Cl)c2)cs1. The lowest BCUT2D eigenvalue weighted by Gasteiger charge is -1.99. The topological polar surface area (TPSA) is 62.8 Å². The van der Waals surface area contributed by atoms with Crippen molar-refractivity contribution in [2.75, 3.05) is 6.26 Å². The number of hydrogen-bond acceptors (Lipinski definition) is 5. The highest BCUT2D eigenvalue weighted by atomic mass is 35.5. The van der Waals surface area contributed by atoms with Gasteiger partial charge in [-0.15, -0.1) is 34.4 Å². The van der Waals surface area contributed by atoms with Gasteiger partial charge in [0, 0.05) is 26.6 Å². The van der Waals surface area contributed by atoms with Crippen LogP contribution >= 0.6 is 57.6 Å². The van der Waals surface area contributed by atoms with Crippen molar-refractivity contribution < 1.29 is 0 Å². The number of halogens is 2. The molecule has 0 radical (unpaired) electrons. The molecule has 8 heteroatoms. The van der Waals surface area contributed by atoms with Crippen LogP contribution in [0.2, 0.25) is 10.0 Å². The summed E-state index contributed by atoms with van der Waals surface area (Å²) in [5, 5.41) is 11.6. The van der Waals surface area contributed by atoms with Gasteiger partial charge in [0.2, 0.25) is 0 Å². The first-order valence-corrected chi connectivity index (χ1v) is 10.1. The number of rotatable bonds is 4. The number of nitrogens with two attached hydrogens (primary N) is 1. The van der Waals surface area contributed by atoms with Gasteiger partial charge in [0.1, 0.15) is 10.8 Å². The van der Waals surface area contributed by atoms with Gasteiger partial charge in [0.25, 0.3) is 0 Å². The molecule has 3 nitrogen and oxygen atoms in total. The second kappa shape index (κ2) is 6.83. The van der Waals surface area contributed by atoms with Crippen LogP contribution < -0.4 is 5.73 Å². The first kappa shape index (κ1) is 16.8. The fraction of sp³-hybridized carbons (Fsp3) is 0.0667. The molecule has 0 aliphatic rings. The molecule has 0 amide bonds. The monoisotopic (exact) mass is 399 g/mol. The normalized spacial score (nSPS) is 10.9. The molecule has 3 aromatic rings. The molecule has 0 saturated carbocycles. The van der Waals surface area contributed by atoms with Gasteiger partial charge in [0.05, 0.1) is 14.8 Å². The summed E-state index contributed by atoms with van der Waals surface area (Å²) in [6.07, 6.45) is 2.00. The van der Waals surface area contributed by atoms with Crippen molar-refractivity contribution in [1.82, 2.24) is 4.98 Å². The fourth-order valence-corrected chi connectivity index (χ4v) is 5.28. The summed E-state index contributed by atoms with van der Waals surface area (Å²) in [5.41, 5.74) is 8.32. The average Bonchev–Trinajstić information content (AvgIpc) is 3.12. The Labute approximate surface area is 156 Å². The van der Waals surface area contributed by atoms with E-state index in [9.17, 15) is 0 Å². The molecule has 0 bridgehead atoms. The smallest absolute Gasteiger partial charge is 0.133 e. The molecule has 0 saturated heterocycles. The molecule has 23 heavy (non-hydrogen) atoms. The lowest BCUT2D eigenvalue weighted by molar-refractivity contribution is 1.39. The highest BCUT2D eigenvalue weighted by Gasteiger charge is 2.16. The number of nitrogens with one attached hydrogen (secondary N) is 1. The first-order chi connectivity index (χ1) is 11.0. The Morgan fingerprint density at radius 1 is 1.22 bits per heavy atom. The van der Waals surface area contributed by atoms with E-state index < -0.39 is 0 Å². The Morgan fingerprint density at radius 2 is 1.91 bits per heavy atom. The number of thioether (sulfide) groups is 1. The summed E-state index contributed by atoms with van der Waals surface area (Å²) in [7, 11) is 0. The number of hydrogen-bond donors (Lipinski definition) is 2. The number of amidine groups is 1. The summed E-state index contributed by atoms with van der Waals surface area (Å²) in [4.78, 5) is 5.45. The Hall–Kier alpha value is -1.05. The van der Waals surface area contributed by atoms with Crippen molar-refractivity contribution in [3.8, 4) is 21.8 Å². The van der Waals surface area contributed by atoms with E-state index >= 15 is 0 Å². The van der Waals surface area contributed by atoms with Crippen LogP contribution in [-0.2, 0) is 0 Å². The Balaban J connectivity index is 2.03. The van der Waals surface area contributed by atoms with Crippen molar-refractivity contribution in [1.29, 1.82) is 5.41 Å². The molecule has 0 aliphatic carbocycles. The molecule has 0 fully saturated rings. The van der Waals surface area contributed by atoms with Gasteiger partial charge < -0.3 is 5.73 Å². The molecule has 118 valence electrons. The summed E-state index contributed by atoms with van der Waals surface area (Å²) in [6, 6.07) is 7.31. The van der Waals surface area contributed by atoms with Gasteiger partial charge in [0.15, 0.2) is 0 Å². The molecule has 2 heterocycles. The maximum Gasteiger partial charge on any atom is 0.133 e. The fourth-order valence-electron chi connectivity index (χ4n) is 2.04. The zero-order valence-electron chi connectivity index (χ0n) is 11.9. The molecule has 0 aliphatic heterocycles. The van der Waals surface area contributed by atoms with E-state index in [1.807, 2.05) is 29.8 Å². The third-order valence-electron chi connectivity index (χ3n) is 3.04. The molecule has 0 unspecified atom stereocenters. The number of nitrogen functional groups attached to an aromatic ring is 1. The van der Waals surface area contributed by atoms with Gasteiger partial charge in [-0.05, 0) is 30.5 Å². The first-order valence-electron chi connectivity index (χ1n) is 6.42. The largest absolute Gasteiger partial charge is 0.383 e. The third kappa shape index (κ3) is 3.56. The minimum atomic E-state index is 0.0787. The second-order valence-corrected chi connectivity index (χ2v) is 8.48. The number of nitrogens with zero attached hydrogens (tertiary/aromatic N) is 1. The molecule has 3 N–H and O–H groups in total. The number of aromatic nitrogens is 1. The number of benzene rings is 1. The predicted octanol–water partition coefficient (Wildman–Crippen LogP) is 5.85. The summed E-state index contributed by atoms with van der Waals surface area (Å²) in [5.74, 6) is 0.0787. The van der Waals surface area contributed by atoms with Gasteiger partial charge in [-0.2, -0.15) is 0 Å². The molecule has 1 aromatic carbocycles. The van der Waals surface area contributed by atoms with E-state index in [2.05, 4.69) is 0 Å². The minimum absolute atomic E-state index is 0.0787. The van der Waals surface area contributed by atoms with Crippen LogP contribution in [0, 0.1) is 5.41 Å². The Morgan fingerprint density at radius 3 is 2.52 bits per heavy atom. The van der Waals surface area contributed by atoms with Gasteiger partial charge in [-0.1, -0.05) is 23.2 Å². The van der Waals surface area contributed by atoms with E-state index in [0.29, 0.717) is 10.0 Å². The average molecular weight is 400 g/mol. The summed E-state index contributed by atoms with van der Waals surface area (Å²) < 4.78 is 1.10. The van der Waals surface area contributed by atoms with Crippen LogP contribution in [-0.4, -0.2) is 17.1 Å². The zero-order valence-corrected chi connectivity index (χ0v) is 15.9. The third-order valence-corrected chi connectivity index (χ3v) is 6.66. The minimum Gasteiger partial charge on any atom is -0.383 e. The van der Waals surface area contributed by atoms with Crippen LogP contribution in [0.25, 0.3) is 21.8 Å². The Bertz CT molecular complexity index is 866. The predicted molar refractivity (Wildman–Crippen MR) is 104 cm³/mol. The summed E-state index contributed by atoms with van der Waals surface area (Å²) >= 11 is 16.8. The highest BCUT2D eigenvalue weighted by Crippen LogP contribution is 2.40.